The smallest absolute Gasteiger partial charge is 0.335 e. The molecule has 13 heavy (non-hydrogen) atoms. The van der Waals surface area contributed by atoms with Gasteiger partial charge in [0.15, 0.2) is 5.60 Å². The highest BCUT2D eigenvalue weighted by molar-refractivity contribution is 5.77. The standard InChI is InChI=1S/C9H15NO3/c11-8(12)9(13)3-5-10-4-1-2-7(10)6-9/h7,13H,1-6H2,(H,11,12). The maximum Gasteiger partial charge on any atom is 0.335 e. The lowest BCUT2D eigenvalue weighted by Gasteiger charge is -2.37. The number of aliphatic carboxylic acids is 1. The Morgan fingerprint density at radius 2 is 2.23 bits per heavy atom. The highest BCUT2D eigenvalue weighted by atomic mass is 16.4. The van der Waals surface area contributed by atoms with Gasteiger partial charge in [-0.15, -0.1) is 0 Å². The van der Waals surface area contributed by atoms with Crippen molar-refractivity contribution in [3.05, 3.63) is 0 Å². The molecular weight excluding hydrogens is 170 g/mol. The fourth-order valence-electron chi connectivity index (χ4n) is 2.44. The van der Waals surface area contributed by atoms with Gasteiger partial charge in [-0.1, -0.05) is 0 Å². The first-order valence-electron chi connectivity index (χ1n) is 4.82. The summed E-state index contributed by atoms with van der Waals surface area (Å²) in [4.78, 5) is 13.1. The summed E-state index contributed by atoms with van der Waals surface area (Å²) in [6.45, 7) is 1.80. The Hall–Kier alpha value is -0.610. The predicted molar refractivity (Wildman–Crippen MR) is 46.4 cm³/mol. The van der Waals surface area contributed by atoms with E-state index in [4.69, 9.17) is 5.11 Å². The fraction of sp³-hybridized carbons (Fsp3) is 0.889. The van der Waals surface area contributed by atoms with Crippen molar-refractivity contribution in [1.82, 2.24) is 4.90 Å². The molecule has 74 valence electrons. The molecule has 2 saturated heterocycles. The Bertz CT molecular complexity index is 231. The first kappa shape index (κ1) is 8.97. The van der Waals surface area contributed by atoms with Gasteiger partial charge in [0.2, 0.25) is 0 Å². The zero-order valence-corrected chi connectivity index (χ0v) is 7.57. The molecule has 0 aromatic rings. The first-order valence-corrected chi connectivity index (χ1v) is 4.82. The van der Waals surface area contributed by atoms with E-state index in [-0.39, 0.29) is 0 Å². The number of nitrogens with zero attached hydrogens (tertiary/aromatic N) is 1. The number of aliphatic hydroxyl groups is 1. The van der Waals surface area contributed by atoms with Gasteiger partial charge in [-0.05, 0) is 25.8 Å². The highest BCUT2D eigenvalue weighted by Crippen LogP contribution is 2.32. The third-order valence-corrected chi connectivity index (χ3v) is 3.28. The summed E-state index contributed by atoms with van der Waals surface area (Å²) >= 11 is 0. The van der Waals surface area contributed by atoms with E-state index >= 15 is 0 Å². The van der Waals surface area contributed by atoms with Crippen LogP contribution in [0.4, 0.5) is 0 Å². The van der Waals surface area contributed by atoms with E-state index < -0.39 is 11.6 Å². The van der Waals surface area contributed by atoms with Gasteiger partial charge < -0.3 is 15.1 Å². The molecule has 2 atom stereocenters. The van der Waals surface area contributed by atoms with Crippen molar-refractivity contribution < 1.29 is 15.0 Å². The quantitative estimate of drug-likeness (QED) is 0.606. The topological polar surface area (TPSA) is 60.8 Å². The van der Waals surface area contributed by atoms with Crippen LogP contribution in [0.25, 0.3) is 0 Å². The van der Waals surface area contributed by atoms with Gasteiger partial charge in [-0.25, -0.2) is 4.79 Å². The Balaban J connectivity index is 2.08. The van der Waals surface area contributed by atoms with Crippen LogP contribution in [0.3, 0.4) is 0 Å². The van der Waals surface area contributed by atoms with Gasteiger partial charge in [0.25, 0.3) is 0 Å². The average molecular weight is 185 g/mol. The molecule has 0 bridgehead atoms. The number of piperidine rings is 1. The molecule has 2 N–H and O–H groups in total. The monoisotopic (exact) mass is 185 g/mol. The van der Waals surface area contributed by atoms with E-state index in [0.29, 0.717) is 18.9 Å². The number of carbonyl (C=O) groups is 1. The summed E-state index contributed by atoms with van der Waals surface area (Å²) in [7, 11) is 0. The number of carboxylic acid groups (broad SMARTS) is 1. The number of hydrogen-bond donors (Lipinski definition) is 2. The maximum atomic E-state index is 10.8. The Morgan fingerprint density at radius 3 is 2.92 bits per heavy atom. The Labute approximate surface area is 77.2 Å². The van der Waals surface area contributed by atoms with Crippen LogP contribution in [0.15, 0.2) is 0 Å². The summed E-state index contributed by atoms with van der Waals surface area (Å²) in [5.41, 5.74) is -1.45. The fourth-order valence-corrected chi connectivity index (χ4v) is 2.44. The van der Waals surface area contributed by atoms with Crippen LogP contribution < -0.4 is 0 Å². The second-order valence-electron chi connectivity index (χ2n) is 4.12. The molecule has 2 aliphatic rings. The van der Waals surface area contributed by atoms with Crippen LogP contribution in [-0.4, -0.2) is 45.8 Å². The number of hydrogen-bond acceptors (Lipinski definition) is 3. The minimum absolute atomic E-state index is 0.301. The molecule has 2 rings (SSSR count). The molecule has 0 aromatic carbocycles. The molecule has 4 heteroatoms. The van der Waals surface area contributed by atoms with E-state index in [2.05, 4.69) is 4.90 Å². The van der Waals surface area contributed by atoms with Gasteiger partial charge in [0.05, 0.1) is 0 Å². The van der Waals surface area contributed by atoms with Crippen molar-refractivity contribution in [3.8, 4) is 0 Å². The second-order valence-corrected chi connectivity index (χ2v) is 4.12. The van der Waals surface area contributed by atoms with Crippen molar-refractivity contribution in [1.29, 1.82) is 0 Å². The van der Waals surface area contributed by atoms with Crippen molar-refractivity contribution in [2.24, 2.45) is 0 Å². The third-order valence-electron chi connectivity index (χ3n) is 3.28. The predicted octanol–water partition coefficient (Wildman–Crippen LogP) is 0.0603. The third kappa shape index (κ3) is 1.44. The molecule has 2 fully saturated rings. The molecule has 2 heterocycles. The lowest BCUT2D eigenvalue weighted by atomic mass is 9.87. The van der Waals surface area contributed by atoms with Crippen molar-refractivity contribution in [2.75, 3.05) is 13.1 Å². The summed E-state index contributed by atoms with van der Waals surface area (Å²) < 4.78 is 0. The Morgan fingerprint density at radius 1 is 1.46 bits per heavy atom. The van der Waals surface area contributed by atoms with Crippen LogP contribution in [0.2, 0.25) is 0 Å². The van der Waals surface area contributed by atoms with Gasteiger partial charge in [-0.3, -0.25) is 0 Å². The molecule has 2 aliphatic heterocycles. The zero-order chi connectivity index (χ0) is 9.47. The summed E-state index contributed by atoms with van der Waals surface area (Å²) in [5, 5.41) is 18.6. The van der Waals surface area contributed by atoms with E-state index in [1.54, 1.807) is 0 Å². The molecule has 4 nitrogen and oxygen atoms in total. The molecule has 0 amide bonds. The number of fused-ring (bicyclic) bond motifs is 1. The van der Waals surface area contributed by atoms with Crippen LogP contribution >= 0.6 is 0 Å². The molecule has 0 aromatic heterocycles. The van der Waals surface area contributed by atoms with E-state index in [9.17, 15) is 9.90 Å². The molecule has 2 unspecified atom stereocenters. The van der Waals surface area contributed by atoms with Crippen molar-refractivity contribution in [3.63, 3.8) is 0 Å². The van der Waals surface area contributed by atoms with Gasteiger partial charge in [0, 0.05) is 19.0 Å². The molecule has 0 saturated carbocycles. The van der Waals surface area contributed by atoms with E-state index in [1.807, 2.05) is 0 Å². The second kappa shape index (κ2) is 2.96. The zero-order valence-electron chi connectivity index (χ0n) is 7.57. The van der Waals surface area contributed by atoms with Gasteiger partial charge in [-0.2, -0.15) is 0 Å². The Kier molecular flexibility index (Phi) is 2.04. The lowest BCUT2D eigenvalue weighted by Crippen LogP contribution is -2.51. The van der Waals surface area contributed by atoms with E-state index in [1.165, 1.54) is 0 Å². The number of carboxylic acids is 1. The van der Waals surface area contributed by atoms with Crippen LogP contribution in [0.1, 0.15) is 25.7 Å². The highest BCUT2D eigenvalue weighted by Gasteiger charge is 2.45. The van der Waals surface area contributed by atoms with Crippen LogP contribution in [-0.2, 0) is 4.79 Å². The van der Waals surface area contributed by atoms with E-state index in [0.717, 1.165) is 25.9 Å². The van der Waals surface area contributed by atoms with Crippen molar-refractivity contribution in [2.45, 2.75) is 37.3 Å². The SMILES string of the molecule is O=C(O)C1(O)CCN2CCCC2C1. The number of rotatable bonds is 1. The van der Waals surface area contributed by atoms with Crippen LogP contribution in [0, 0.1) is 0 Å². The molecule has 0 radical (unpaired) electrons. The molecular formula is C9H15NO3. The summed E-state index contributed by atoms with van der Waals surface area (Å²) in [5.74, 6) is -1.06. The van der Waals surface area contributed by atoms with Crippen molar-refractivity contribution >= 4 is 5.97 Å². The first-order chi connectivity index (χ1) is 6.12. The molecule has 0 spiro atoms. The minimum atomic E-state index is -1.45. The summed E-state index contributed by atoms with van der Waals surface area (Å²) in [6.07, 6.45) is 2.96. The lowest BCUT2D eigenvalue weighted by molar-refractivity contribution is -0.165. The normalized spacial score (nSPS) is 40.2. The largest absolute Gasteiger partial charge is 0.479 e. The van der Waals surface area contributed by atoms with Crippen LogP contribution in [0.5, 0.6) is 0 Å². The summed E-state index contributed by atoms with van der Waals surface area (Å²) in [6, 6.07) is 0.301. The van der Waals surface area contributed by atoms with Gasteiger partial charge >= 0.3 is 5.97 Å². The molecule has 0 aliphatic carbocycles. The minimum Gasteiger partial charge on any atom is -0.479 e. The van der Waals surface area contributed by atoms with Gasteiger partial charge in [0.1, 0.15) is 0 Å². The maximum absolute atomic E-state index is 10.8. The average Bonchev–Trinajstić information content (AvgIpc) is 2.50.